The third kappa shape index (κ3) is 8.27. The van der Waals surface area contributed by atoms with E-state index < -0.39 is 35.8 Å². The zero-order chi connectivity index (χ0) is 31.1. The van der Waals surface area contributed by atoms with Gasteiger partial charge in [-0.15, -0.1) is 0 Å². The predicted octanol–water partition coefficient (Wildman–Crippen LogP) is 6.34. The Labute approximate surface area is 251 Å². The third-order valence-electron chi connectivity index (χ3n) is 7.78. The molecule has 3 aromatic rings. The van der Waals surface area contributed by atoms with E-state index >= 15 is 0 Å². The average molecular weight is 595 g/mol. The molecular weight excluding hydrogens is 554 g/mol. The normalized spacial score (nSPS) is 14.9. The van der Waals surface area contributed by atoms with E-state index in [0.717, 1.165) is 31.6 Å². The zero-order valence-corrected chi connectivity index (χ0v) is 25.1. The lowest BCUT2D eigenvalue weighted by Crippen LogP contribution is -2.41. The molecule has 230 valence electrons. The number of nitrogens with zero attached hydrogens (tertiary/aromatic N) is 3. The summed E-state index contributed by atoms with van der Waals surface area (Å²) >= 11 is 0. The van der Waals surface area contributed by atoms with Crippen molar-refractivity contribution in [2.45, 2.75) is 77.9 Å². The molecule has 10 heteroatoms. The molecule has 1 amide bonds. The summed E-state index contributed by atoms with van der Waals surface area (Å²) < 4.78 is 34.4. The fraction of sp³-hybridized carbons (Fsp3) is 0.455. The minimum absolute atomic E-state index is 0.0750. The molecule has 1 aromatic heterocycles. The van der Waals surface area contributed by atoms with Crippen molar-refractivity contribution in [2.24, 2.45) is 5.92 Å². The van der Waals surface area contributed by atoms with Crippen LogP contribution in [0, 0.1) is 5.92 Å². The van der Waals surface area contributed by atoms with Gasteiger partial charge < -0.3 is 20.1 Å². The number of halogens is 2. The van der Waals surface area contributed by atoms with Crippen LogP contribution in [0.2, 0.25) is 0 Å². The first-order valence-electron chi connectivity index (χ1n) is 14.7. The highest BCUT2D eigenvalue weighted by molar-refractivity contribution is 5.97. The second kappa shape index (κ2) is 13.9. The molecule has 1 saturated heterocycles. The molecule has 1 unspecified atom stereocenters. The number of carbonyl (C=O) groups is 2. The van der Waals surface area contributed by atoms with Crippen LogP contribution in [0.4, 0.5) is 14.5 Å². The van der Waals surface area contributed by atoms with Crippen LogP contribution >= 0.6 is 0 Å². The van der Waals surface area contributed by atoms with E-state index in [0.29, 0.717) is 12.0 Å². The van der Waals surface area contributed by atoms with Crippen LogP contribution in [0.5, 0.6) is 5.75 Å². The smallest absolute Gasteiger partial charge is 0.326 e. The third-order valence-corrected chi connectivity index (χ3v) is 7.78. The number of ether oxygens (including phenoxy) is 1. The Bertz CT molecular complexity index is 1390. The van der Waals surface area contributed by atoms with Gasteiger partial charge in [0.05, 0.1) is 0 Å². The SMILES string of the molecule is CCC(NC(=O)c1nc(CC2CCN(c3ccc(C(C)(C)C)cc3)CC2)nc(C(F)F)c1OCc1ccccc1)C(=O)O. The van der Waals surface area contributed by atoms with Crippen molar-refractivity contribution < 1.29 is 28.2 Å². The van der Waals surface area contributed by atoms with Crippen LogP contribution in [-0.4, -0.2) is 46.1 Å². The van der Waals surface area contributed by atoms with Crippen LogP contribution < -0.4 is 15.0 Å². The summed E-state index contributed by atoms with van der Waals surface area (Å²) in [5, 5.41) is 11.8. The molecule has 0 spiro atoms. The van der Waals surface area contributed by atoms with Crippen molar-refractivity contribution in [1.82, 2.24) is 15.3 Å². The largest absolute Gasteiger partial charge is 0.484 e. The molecule has 1 aliphatic heterocycles. The lowest BCUT2D eigenvalue weighted by atomic mass is 9.87. The van der Waals surface area contributed by atoms with Gasteiger partial charge in [0.25, 0.3) is 12.3 Å². The molecule has 2 N–H and O–H groups in total. The fourth-order valence-corrected chi connectivity index (χ4v) is 5.17. The second-order valence-electron chi connectivity index (χ2n) is 12.0. The van der Waals surface area contributed by atoms with Crippen LogP contribution in [0.3, 0.4) is 0 Å². The molecule has 0 bridgehead atoms. The maximum Gasteiger partial charge on any atom is 0.326 e. The Morgan fingerprint density at radius 3 is 2.26 bits per heavy atom. The number of hydrogen-bond donors (Lipinski definition) is 2. The van der Waals surface area contributed by atoms with Crippen molar-refractivity contribution in [2.75, 3.05) is 18.0 Å². The van der Waals surface area contributed by atoms with Gasteiger partial charge in [0.2, 0.25) is 0 Å². The number of alkyl halides is 2. The first-order valence-corrected chi connectivity index (χ1v) is 14.7. The number of nitrogens with one attached hydrogen (secondary N) is 1. The molecule has 43 heavy (non-hydrogen) atoms. The first-order chi connectivity index (χ1) is 20.5. The van der Waals surface area contributed by atoms with Gasteiger partial charge in [-0.3, -0.25) is 4.79 Å². The van der Waals surface area contributed by atoms with Gasteiger partial charge in [-0.2, -0.15) is 0 Å². The van der Waals surface area contributed by atoms with Gasteiger partial charge in [-0.05, 0) is 53.9 Å². The van der Waals surface area contributed by atoms with E-state index in [4.69, 9.17) is 4.74 Å². The summed E-state index contributed by atoms with van der Waals surface area (Å²) in [6, 6.07) is 16.3. The van der Waals surface area contributed by atoms with E-state index in [2.05, 4.69) is 65.2 Å². The predicted molar refractivity (Wildman–Crippen MR) is 161 cm³/mol. The second-order valence-corrected chi connectivity index (χ2v) is 12.0. The van der Waals surface area contributed by atoms with Crippen LogP contribution in [0.15, 0.2) is 54.6 Å². The highest BCUT2D eigenvalue weighted by Crippen LogP contribution is 2.33. The maximum absolute atomic E-state index is 14.4. The van der Waals surface area contributed by atoms with Gasteiger partial charge in [-0.25, -0.2) is 23.5 Å². The number of benzene rings is 2. The Kier molecular flexibility index (Phi) is 10.3. The van der Waals surface area contributed by atoms with Crippen molar-refractivity contribution >= 4 is 17.6 Å². The number of piperidine rings is 1. The summed E-state index contributed by atoms with van der Waals surface area (Å²) in [5.41, 5.74) is 2.13. The molecule has 2 aromatic carbocycles. The van der Waals surface area contributed by atoms with Crippen molar-refractivity contribution in [3.8, 4) is 5.75 Å². The summed E-state index contributed by atoms with van der Waals surface area (Å²) in [7, 11) is 0. The molecule has 0 radical (unpaired) electrons. The molecule has 4 rings (SSSR count). The fourth-order valence-electron chi connectivity index (χ4n) is 5.17. The van der Waals surface area contributed by atoms with Gasteiger partial charge in [-0.1, -0.05) is 70.2 Å². The molecule has 2 heterocycles. The van der Waals surface area contributed by atoms with E-state index in [1.165, 1.54) is 5.56 Å². The summed E-state index contributed by atoms with van der Waals surface area (Å²) in [6.45, 7) is 9.65. The van der Waals surface area contributed by atoms with E-state index in [1.807, 2.05) is 6.07 Å². The minimum Gasteiger partial charge on any atom is -0.484 e. The number of carboxylic acids is 1. The Hall–Kier alpha value is -4.08. The standard InChI is InChI=1S/C33H40F2N4O4/c1-5-25(32(41)42)36-31(40)28-29(43-20-22-9-7-6-8-10-22)27(30(34)35)37-26(38-28)19-21-15-17-39(18-16-21)24-13-11-23(12-14-24)33(2,3)4/h6-14,21,25,30H,5,15-20H2,1-4H3,(H,36,40)(H,41,42). The highest BCUT2D eigenvalue weighted by Gasteiger charge is 2.30. The number of carboxylic acid groups (broad SMARTS) is 1. The molecule has 0 saturated carbocycles. The first kappa shape index (κ1) is 31.8. The van der Waals surface area contributed by atoms with Gasteiger partial charge in [0, 0.05) is 25.2 Å². The molecule has 8 nitrogen and oxygen atoms in total. The van der Waals surface area contributed by atoms with Gasteiger partial charge in [0.15, 0.2) is 17.1 Å². The Morgan fingerprint density at radius 2 is 1.70 bits per heavy atom. The van der Waals surface area contributed by atoms with Crippen LogP contribution in [-0.2, 0) is 23.2 Å². The summed E-state index contributed by atoms with van der Waals surface area (Å²) in [4.78, 5) is 35.7. The van der Waals surface area contributed by atoms with E-state index in [1.54, 1.807) is 31.2 Å². The number of aliphatic carboxylic acids is 1. The monoisotopic (exact) mass is 594 g/mol. The summed E-state index contributed by atoms with van der Waals surface area (Å²) in [5.74, 6) is -2.31. The van der Waals surface area contributed by atoms with Crippen molar-refractivity contribution in [3.05, 3.63) is 82.9 Å². The number of carbonyl (C=O) groups excluding carboxylic acids is 1. The van der Waals surface area contributed by atoms with Crippen LogP contribution in [0.1, 0.15) is 86.5 Å². The lowest BCUT2D eigenvalue weighted by molar-refractivity contribution is -0.139. The van der Waals surface area contributed by atoms with Crippen molar-refractivity contribution in [1.29, 1.82) is 0 Å². The van der Waals surface area contributed by atoms with E-state index in [9.17, 15) is 23.5 Å². The highest BCUT2D eigenvalue weighted by atomic mass is 19.3. The number of amides is 1. The zero-order valence-electron chi connectivity index (χ0n) is 25.1. The molecule has 0 aliphatic carbocycles. The number of anilines is 1. The quantitative estimate of drug-likeness (QED) is 0.267. The van der Waals surface area contributed by atoms with Gasteiger partial charge in [0.1, 0.15) is 18.5 Å². The van der Waals surface area contributed by atoms with Crippen molar-refractivity contribution in [3.63, 3.8) is 0 Å². The molecule has 1 fully saturated rings. The summed E-state index contributed by atoms with van der Waals surface area (Å²) in [6.07, 6.45) is -0.999. The maximum atomic E-state index is 14.4. The number of hydrogen-bond acceptors (Lipinski definition) is 6. The topological polar surface area (TPSA) is 105 Å². The van der Waals surface area contributed by atoms with Gasteiger partial charge >= 0.3 is 5.97 Å². The van der Waals surface area contributed by atoms with Crippen LogP contribution in [0.25, 0.3) is 0 Å². The average Bonchev–Trinajstić information content (AvgIpc) is 2.99. The number of aromatic nitrogens is 2. The molecule has 1 aliphatic rings. The number of rotatable bonds is 11. The lowest BCUT2D eigenvalue weighted by Gasteiger charge is -2.34. The molecular formula is C33H40F2N4O4. The Morgan fingerprint density at radius 1 is 1.05 bits per heavy atom. The molecule has 1 atom stereocenters. The minimum atomic E-state index is -3.03. The Balaban J connectivity index is 1.55. The van der Waals surface area contributed by atoms with E-state index in [-0.39, 0.29) is 35.9 Å².